The molecular formula is C25H27N11O2. The first-order valence-electron chi connectivity index (χ1n) is 12.2. The number of carbonyl (C=O) groups is 1. The van der Waals surface area contributed by atoms with E-state index in [-0.39, 0.29) is 28.7 Å². The quantitative estimate of drug-likeness (QED) is 0.370. The molecule has 1 unspecified atom stereocenters. The van der Waals surface area contributed by atoms with Crippen molar-refractivity contribution in [3.8, 4) is 23.3 Å². The number of primary amides is 1. The number of aromatic nitrogens is 7. The van der Waals surface area contributed by atoms with E-state index < -0.39 is 5.91 Å². The van der Waals surface area contributed by atoms with Gasteiger partial charge in [0.05, 0.1) is 17.9 Å². The van der Waals surface area contributed by atoms with Gasteiger partial charge in [0.15, 0.2) is 17.2 Å². The molecule has 1 amide bonds. The Kier molecular flexibility index (Phi) is 6.46. The van der Waals surface area contributed by atoms with Crippen LogP contribution in [0.15, 0.2) is 36.8 Å². The lowest BCUT2D eigenvalue weighted by molar-refractivity contribution is 0.1000. The number of hydrogen-bond acceptors (Lipinski definition) is 11. The molecule has 5 rings (SSSR count). The van der Waals surface area contributed by atoms with Gasteiger partial charge in [-0.25, -0.2) is 15.0 Å². The van der Waals surface area contributed by atoms with Crippen LogP contribution in [-0.2, 0) is 0 Å². The number of hydrogen-bond donors (Lipinski definition) is 2. The van der Waals surface area contributed by atoms with Gasteiger partial charge in [-0.2, -0.15) is 14.9 Å². The summed E-state index contributed by atoms with van der Waals surface area (Å²) in [5.74, 6) is 0.589. The molecule has 1 aliphatic heterocycles. The Labute approximate surface area is 218 Å². The molecule has 0 saturated carbocycles. The van der Waals surface area contributed by atoms with Crippen LogP contribution < -0.4 is 20.7 Å². The summed E-state index contributed by atoms with van der Waals surface area (Å²) in [7, 11) is 0. The first kappa shape index (κ1) is 24.8. The molecule has 194 valence electrons. The maximum atomic E-state index is 12.4. The third-order valence-electron chi connectivity index (χ3n) is 6.58. The number of nitriles is 1. The maximum absolute atomic E-state index is 12.4. The summed E-state index contributed by atoms with van der Waals surface area (Å²) in [4.78, 5) is 27.3. The van der Waals surface area contributed by atoms with Crippen molar-refractivity contribution in [1.82, 2.24) is 34.8 Å². The highest BCUT2D eigenvalue weighted by Crippen LogP contribution is 2.34. The molecule has 1 saturated heterocycles. The molecular weight excluding hydrogens is 486 g/mol. The maximum Gasteiger partial charge on any atom is 0.316 e. The van der Waals surface area contributed by atoms with E-state index in [0.29, 0.717) is 48.2 Å². The van der Waals surface area contributed by atoms with Crippen molar-refractivity contribution in [2.75, 3.05) is 29.9 Å². The number of nitrogens with two attached hydrogens (primary N) is 1. The van der Waals surface area contributed by atoms with E-state index in [1.54, 1.807) is 29.0 Å². The van der Waals surface area contributed by atoms with E-state index in [9.17, 15) is 4.79 Å². The lowest BCUT2D eigenvalue weighted by Crippen LogP contribution is -2.52. The fourth-order valence-electron chi connectivity index (χ4n) is 4.58. The van der Waals surface area contributed by atoms with Gasteiger partial charge in [0, 0.05) is 54.8 Å². The lowest BCUT2D eigenvalue weighted by Gasteiger charge is -2.45. The second kappa shape index (κ2) is 9.89. The lowest BCUT2D eigenvalue weighted by atomic mass is 9.79. The van der Waals surface area contributed by atoms with E-state index >= 15 is 0 Å². The number of fused-ring (bicyclic) bond motifs is 1. The Bertz CT molecular complexity index is 1510. The van der Waals surface area contributed by atoms with Crippen molar-refractivity contribution < 1.29 is 9.53 Å². The minimum atomic E-state index is -0.605. The van der Waals surface area contributed by atoms with Crippen LogP contribution in [0.2, 0.25) is 0 Å². The van der Waals surface area contributed by atoms with Crippen LogP contribution in [0.1, 0.15) is 43.2 Å². The minimum absolute atomic E-state index is 0.0183. The monoisotopic (exact) mass is 513 g/mol. The smallest absolute Gasteiger partial charge is 0.316 e. The van der Waals surface area contributed by atoms with E-state index in [1.807, 2.05) is 19.1 Å². The Morgan fingerprint density at radius 1 is 1.24 bits per heavy atom. The fourth-order valence-corrected chi connectivity index (χ4v) is 4.58. The van der Waals surface area contributed by atoms with Crippen LogP contribution in [0.3, 0.4) is 0 Å². The summed E-state index contributed by atoms with van der Waals surface area (Å²) in [5.41, 5.74) is 7.83. The first-order valence-corrected chi connectivity index (χ1v) is 12.2. The second-order valence-corrected chi connectivity index (χ2v) is 9.66. The van der Waals surface area contributed by atoms with Crippen molar-refractivity contribution in [2.24, 2.45) is 11.1 Å². The highest BCUT2D eigenvalue weighted by atomic mass is 16.5. The van der Waals surface area contributed by atoms with E-state index in [1.165, 1.54) is 6.20 Å². The van der Waals surface area contributed by atoms with Crippen LogP contribution in [0, 0.1) is 16.7 Å². The summed E-state index contributed by atoms with van der Waals surface area (Å²) >= 11 is 0. The van der Waals surface area contributed by atoms with E-state index in [4.69, 9.17) is 20.8 Å². The predicted molar refractivity (Wildman–Crippen MR) is 138 cm³/mol. The molecule has 1 atom stereocenters. The molecule has 0 aliphatic carbocycles. The van der Waals surface area contributed by atoms with Crippen molar-refractivity contribution in [2.45, 2.75) is 33.2 Å². The fraction of sp³-hybridized carbons (Fsp3) is 0.360. The highest BCUT2D eigenvalue weighted by Gasteiger charge is 2.37. The molecule has 4 aromatic heterocycles. The van der Waals surface area contributed by atoms with Gasteiger partial charge in [-0.3, -0.25) is 4.79 Å². The Morgan fingerprint density at radius 2 is 2.03 bits per heavy atom. The van der Waals surface area contributed by atoms with Crippen molar-refractivity contribution in [1.29, 1.82) is 5.26 Å². The van der Waals surface area contributed by atoms with Gasteiger partial charge in [-0.1, -0.05) is 13.8 Å². The predicted octanol–water partition coefficient (Wildman–Crippen LogP) is 2.06. The third-order valence-corrected chi connectivity index (χ3v) is 6.58. The minimum Gasteiger partial charge on any atom is -0.464 e. The topological polar surface area (TPSA) is 173 Å². The summed E-state index contributed by atoms with van der Waals surface area (Å²) in [6.45, 7) is 8.00. The number of nitrogens with zero attached hydrogens (tertiary/aromatic N) is 9. The Hall–Kier alpha value is -4.86. The number of piperidine rings is 1. The summed E-state index contributed by atoms with van der Waals surface area (Å²) in [5, 5.41) is 25.4. The van der Waals surface area contributed by atoms with Gasteiger partial charge in [0.2, 0.25) is 0 Å². The number of amides is 1. The molecule has 3 N–H and O–H groups in total. The number of ether oxygens (including phenoxy) is 1. The molecule has 38 heavy (non-hydrogen) atoms. The summed E-state index contributed by atoms with van der Waals surface area (Å²) in [6, 6.07) is 7.53. The Balaban J connectivity index is 1.44. The molecule has 0 spiro atoms. The zero-order valence-corrected chi connectivity index (χ0v) is 21.3. The standard InChI is InChI=1S/C25H27N11O2/c1-4-38-24-29-11-15(12-30-24)18-9-21-28-13-17(22(27)37)23(36(21)34-18)31-19-7-8-35(14-25(19,2)3)20-6-5-16(10-26)32-33-20/h5-6,9,11-13,19,31H,4,7-8,14H2,1-3H3,(H2,27,37). The van der Waals surface area contributed by atoms with Crippen LogP contribution >= 0.6 is 0 Å². The zero-order chi connectivity index (χ0) is 26.9. The number of rotatable bonds is 7. The average Bonchev–Trinajstić information content (AvgIpc) is 3.35. The molecule has 0 bridgehead atoms. The summed E-state index contributed by atoms with van der Waals surface area (Å²) in [6.07, 6.45) is 5.48. The number of anilines is 2. The van der Waals surface area contributed by atoms with Crippen LogP contribution in [0.25, 0.3) is 16.9 Å². The van der Waals surface area contributed by atoms with Crippen molar-refractivity contribution in [3.63, 3.8) is 0 Å². The van der Waals surface area contributed by atoms with Crippen molar-refractivity contribution in [3.05, 3.63) is 48.0 Å². The molecule has 13 heteroatoms. The SMILES string of the molecule is CCOc1ncc(-c2cc3ncc(C(N)=O)c(NC4CCN(c5ccc(C#N)nn5)CC4(C)C)n3n2)cn1. The number of nitrogens with one attached hydrogen (secondary N) is 1. The second-order valence-electron chi connectivity index (χ2n) is 9.66. The molecule has 4 aromatic rings. The van der Waals surface area contributed by atoms with E-state index in [0.717, 1.165) is 6.42 Å². The first-order chi connectivity index (χ1) is 18.3. The van der Waals surface area contributed by atoms with Crippen molar-refractivity contribution >= 4 is 23.2 Å². The van der Waals surface area contributed by atoms with Gasteiger partial charge in [0.25, 0.3) is 5.91 Å². The van der Waals surface area contributed by atoms with Gasteiger partial charge < -0.3 is 20.7 Å². The highest BCUT2D eigenvalue weighted by molar-refractivity contribution is 5.97. The molecule has 5 heterocycles. The molecule has 0 radical (unpaired) electrons. The number of carbonyl (C=O) groups excluding carboxylic acids is 1. The normalized spacial score (nSPS) is 16.7. The van der Waals surface area contributed by atoms with Gasteiger partial charge in [-0.05, 0) is 25.5 Å². The van der Waals surface area contributed by atoms with E-state index in [2.05, 4.69) is 49.2 Å². The van der Waals surface area contributed by atoms with Gasteiger partial charge in [-0.15, -0.1) is 10.2 Å². The largest absolute Gasteiger partial charge is 0.464 e. The molecule has 13 nitrogen and oxygen atoms in total. The zero-order valence-electron chi connectivity index (χ0n) is 21.3. The molecule has 0 aromatic carbocycles. The van der Waals surface area contributed by atoms with Crippen LogP contribution in [0.5, 0.6) is 6.01 Å². The van der Waals surface area contributed by atoms with Crippen LogP contribution in [0.4, 0.5) is 11.6 Å². The Morgan fingerprint density at radius 3 is 2.66 bits per heavy atom. The summed E-state index contributed by atoms with van der Waals surface area (Å²) < 4.78 is 6.92. The molecule has 1 fully saturated rings. The van der Waals surface area contributed by atoms with Gasteiger partial charge in [0.1, 0.15) is 11.9 Å². The van der Waals surface area contributed by atoms with Gasteiger partial charge >= 0.3 is 6.01 Å². The van der Waals surface area contributed by atoms with Crippen LogP contribution in [-0.4, -0.2) is 66.4 Å². The average molecular weight is 514 g/mol. The molecule has 1 aliphatic rings. The third kappa shape index (κ3) is 4.75.